The lowest BCUT2D eigenvalue weighted by Crippen LogP contribution is -2.41. The molecule has 19 heavy (non-hydrogen) atoms. The van der Waals surface area contributed by atoms with E-state index in [4.69, 9.17) is 9.31 Å². The van der Waals surface area contributed by atoms with E-state index in [2.05, 4.69) is 58.0 Å². The summed E-state index contributed by atoms with van der Waals surface area (Å²) < 4.78 is 11.8. The molecule has 0 amide bonds. The van der Waals surface area contributed by atoms with Crippen molar-refractivity contribution >= 4 is 7.12 Å². The molecule has 102 valence electrons. The average Bonchev–Trinajstić information content (AvgIpc) is 2.55. The maximum atomic E-state index is 5.91. The Morgan fingerprint density at radius 2 is 1.58 bits per heavy atom. The predicted molar refractivity (Wildman–Crippen MR) is 80.0 cm³/mol. The van der Waals surface area contributed by atoms with Gasteiger partial charge in [-0.1, -0.05) is 42.4 Å². The van der Waals surface area contributed by atoms with Crippen molar-refractivity contribution in [3.05, 3.63) is 47.9 Å². The number of aryl methyl sites for hydroxylation is 1. The highest BCUT2D eigenvalue weighted by atomic mass is 16.7. The van der Waals surface area contributed by atoms with Crippen LogP contribution in [0.15, 0.2) is 42.4 Å². The zero-order valence-electron chi connectivity index (χ0n) is 12.3. The summed E-state index contributed by atoms with van der Waals surface area (Å²) in [7, 11) is -0.222. The minimum atomic E-state index is -0.249. The van der Waals surface area contributed by atoms with E-state index in [0.717, 1.165) is 12.8 Å². The maximum Gasteiger partial charge on any atom is 0.486 e. The monoisotopic (exact) mass is 258 g/mol. The Kier molecular flexibility index (Phi) is 4.17. The van der Waals surface area contributed by atoms with Crippen LogP contribution in [-0.4, -0.2) is 18.3 Å². The van der Waals surface area contributed by atoms with Gasteiger partial charge < -0.3 is 9.31 Å². The van der Waals surface area contributed by atoms with Crippen LogP contribution in [0.2, 0.25) is 0 Å². The van der Waals surface area contributed by atoms with Gasteiger partial charge in [-0.15, -0.1) is 0 Å². The van der Waals surface area contributed by atoms with E-state index < -0.39 is 0 Å². The molecule has 3 heteroatoms. The molecule has 0 atom stereocenters. The largest absolute Gasteiger partial charge is 0.486 e. The Labute approximate surface area is 117 Å². The molecule has 0 spiro atoms. The molecule has 0 unspecified atom stereocenters. The highest BCUT2D eigenvalue weighted by molar-refractivity contribution is 6.51. The van der Waals surface area contributed by atoms with Crippen LogP contribution in [0.25, 0.3) is 0 Å². The molecule has 0 saturated carbocycles. The molecule has 1 fully saturated rings. The van der Waals surface area contributed by atoms with Gasteiger partial charge in [-0.3, -0.25) is 0 Å². The summed E-state index contributed by atoms with van der Waals surface area (Å²) >= 11 is 0. The fraction of sp³-hybridized carbons (Fsp3) is 0.500. The first-order chi connectivity index (χ1) is 8.91. The van der Waals surface area contributed by atoms with Gasteiger partial charge in [-0.25, -0.2) is 0 Å². The number of hydrogen-bond donors (Lipinski definition) is 0. The normalized spacial score (nSPS) is 21.2. The average molecular weight is 258 g/mol. The molecule has 0 bridgehead atoms. The summed E-state index contributed by atoms with van der Waals surface area (Å²) in [4.78, 5) is 0. The van der Waals surface area contributed by atoms with Crippen LogP contribution >= 0.6 is 0 Å². The van der Waals surface area contributed by atoms with Crippen molar-refractivity contribution in [2.45, 2.75) is 51.7 Å². The quantitative estimate of drug-likeness (QED) is 0.764. The van der Waals surface area contributed by atoms with Crippen molar-refractivity contribution in [3.63, 3.8) is 0 Å². The molecule has 0 radical (unpaired) electrons. The standard InChI is InChI=1S/C16H23BO2/c1-15(2)16(3,4)19-17(18-15)13-9-8-12-14-10-6-5-7-11-14/h5-7,9-11,13H,8,12H2,1-4H3/b13-9-. The van der Waals surface area contributed by atoms with E-state index in [0.29, 0.717) is 0 Å². The fourth-order valence-corrected chi connectivity index (χ4v) is 2.07. The van der Waals surface area contributed by atoms with Crippen LogP contribution in [0.1, 0.15) is 39.7 Å². The van der Waals surface area contributed by atoms with Gasteiger partial charge in [0, 0.05) is 0 Å². The first-order valence-corrected chi connectivity index (χ1v) is 6.97. The molecule has 0 aromatic heterocycles. The molecule has 1 aromatic rings. The van der Waals surface area contributed by atoms with Gasteiger partial charge in [-0.05, 0) is 46.1 Å². The Morgan fingerprint density at radius 1 is 1.00 bits per heavy atom. The third kappa shape index (κ3) is 3.49. The third-order valence-corrected chi connectivity index (χ3v) is 4.01. The van der Waals surface area contributed by atoms with Gasteiger partial charge in [0.1, 0.15) is 0 Å². The molecule has 1 heterocycles. The summed E-state index contributed by atoms with van der Waals surface area (Å²) in [5.74, 6) is 2.03. The van der Waals surface area contributed by atoms with Gasteiger partial charge >= 0.3 is 7.12 Å². The van der Waals surface area contributed by atoms with Crippen LogP contribution < -0.4 is 0 Å². The lowest BCUT2D eigenvalue weighted by Gasteiger charge is -2.32. The minimum Gasteiger partial charge on any atom is -0.400 e. The Bertz CT molecular complexity index is 421. The number of allylic oxidation sites excluding steroid dienone is 1. The molecule has 0 aliphatic carbocycles. The first kappa shape index (κ1) is 14.4. The summed E-state index contributed by atoms with van der Waals surface area (Å²) in [6.45, 7) is 8.30. The fourth-order valence-electron chi connectivity index (χ4n) is 2.07. The smallest absolute Gasteiger partial charge is 0.400 e. The zero-order chi connectivity index (χ0) is 13.9. The topological polar surface area (TPSA) is 18.5 Å². The van der Waals surface area contributed by atoms with Crippen molar-refractivity contribution in [1.82, 2.24) is 0 Å². The second-order valence-corrected chi connectivity index (χ2v) is 6.08. The third-order valence-electron chi connectivity index (χ3n) is 4.01. The first-order valence-electron chi connectivity index (χ1n) is 6.97. The van der Waals surface area contributed by atoms with E-state index in [1.54, 1.807) is 0 Å². The summed E-state index contributed by atoms with van der Waals surface area (Å²) in [6.07, 6.45) is 4.21. The van der Waals surface area contributed by atoms with Gasteiger partial charge in [0.2, 0.25) is 0 Å². The van der Waals surface area contributed by atoms with E-state index in [1.807, 2.05) is 12.0 Å². The maximum absolute atomic E-state index is 5.91. The second kappa shape index (κ2) is 5.52. The van der Waals surface area contributed by atoms with Crippen LogP contribution in [0, 0.1) is 0 Å². The zero-order valence-corrected chi connectivity index (χ0v) is 12.3. The van der Waals surface area contributed by atoms with Crippen LogP contribution in [-0.2, 0) is 15.7 Å². The molecule has 2 nitrogen and oxygen atoms in total. The molecule has 1 aliphatic heterocycles. The summed E-state index contributed by atoms with van der Waals surface area (Å²) in [5, 5.41) is 0. The van der Waals surface area contributed by atoms with E-state index >= 15 is 0 Å². The minimum absolute atomic E-state index is 0.222. The number of benzene rings is 1. The lowest BCUT2D eigenvalue weighted by atomic mass is 9.89. The van der Waals surface area contributed by atoms with Crippen LogP contribution in [0.3, 0.4) is 0 Å². The van der Waals surface area contributed by atoms with Crippen molar-refractivity contribution < 1.29 is 9.31 Å². The highest BCUT2D eigenvalue weighted by Crippen LogP contribution is 2.36. The van der Waals surface area contributed by atoms with Crippen molar-refractivity contribution in [1.29, 1.82) is 0 Å². The van der Waals surface area contributed by atoms with Crippen molar-refractivity contribution in [2.24, 2.45) is 0 Å². The highest BCUT2D eigenvalue weighted by Gasteiger charge is 2.49. The lowest BCUT2D eigenvalue weighted by molar-refractivity contribution is 0.00578. The Morgan fingerprint density at radius 3 is 2.16 bits per heavy atom. The number of rotatable bonds is 4. The van der Waals surface area contributed by atoms with Gasteiger partial charge in [0.05, 0.1) is 11.2 Å². The van der Waals surface area contributed by atoms with E-state index in [1.165, 1.54) is 5.56 Å². The summed E-state index contributed by atoms with van der Waals surface area (Å²) in [5.41, 5.74) is 0.865. The number of hydrogen-bond acceptors (Lipinski definition) is 2. The van der Waals surface area contributed by atoms with Crippen LogP contribution in [0.5, 0.6) is 0 Å². The molecule has 1 aliphatic rings. The van der Waals surface area contributed by atoms with Crippen molar-refractivity contribution in [2.75, 3.05) is 0 Å². The van der Waals surface area contributed by atoms with E-state index in [-0.39, 0.29) is 18.3 Å². The second-order valence-electron chi connectivity index (χ2n) is 6.08. The molecule has 1 aromatic carbocycles. The summed E-state index contributed by atoms with van der Waals surface area (Å²) in [6, 6.07) is 10.5. The Hall–Kier alpha value is -1.06. The Balaban J connectivity index is 1.82. The van der Waals surface area contributed by atoms with Crippen LogP contribution in [0.4, 0.5) is 0 Å². The van der Waals surface area contributed by atoms with Gasteiger partial charge in [0.15, 0.2) is 0 Å². The molecular formula is C16H23BO2. The van der Waals surface area contributed by atoms with Crippen molar-refractivity contribution in [3.8, 4) is 0 Å². The van der Waals surface area contributed by atoms with E-state index in [9.17, 15) is 0 Å². The molecule has 0 N–H and O–H groups in total. The van der Waals surface area contributed by atoms with Gasteiger partial charge in [0.25, 0.3) is 0 Å². The predicted octanol–water partition coefficient (Wildman–Crippen LogP) is 3.81. The molecular weight excluding hydrogens is 235 g/mol. The van der Waals surface area contributed by atoms with Gasteiger partial charge in [-0.2, -0.15) is 0 Å². The molecule has 2 rings (SSSR count). The molecule has 1 saturated heterocycles. The SMILES string of the molecule is CC1(C)OB(/C=C\CCc2ccccc2)OC1(C)C.